The summed E-state index contributed by atoms with van der Waals surface area (Å²) in [6.07, 6.45) is 0. The lowest BCUT2D eigenvalue weighted by Crippen LogP contribution is -2.46. The van der Waals surface area contributed by atoms with Crippen molar-refractivity contribution in [2.75, 3.05) is 32.8 Å². The first-order chi connectivity index (χ1) is 8.65. The third-order valence-corrected chi connectivity index (χ3v) is 3.56. The molecule has 100 valence electrons. The molecule has 0 saturated carbocycles. The molecule has 3 nitrogen and oxygen atoms in total. The zero-order chi connectivity index (χ0) is 13.1. The molecule has 0 unspecified atom stereocenters. The standard InChI is InChI=1S/C12H15ClF2N2O/c13-12-9(15)2-1-8(14)11(12)10(7-18)17-5-3-16-4-6-17/h1-2,10,16,18H,3-7H2/t10-/m1/s1. The Kier molecular flexibility index (Phi) is 4.50. The predicted octanol–water partition coefficient (Wildman–Crippen LogP) is 1.56. The largest absolute Gasteiger partial charge is 0.394 e. The maximum Gasteiger partial charge on any atom is 0.142 e. The minimum Gasteiger partial charge on any atom is -0.394 e. The van der Waals surface area contributed by atoms with E-state index in [9.17, 15) is 13.9 Å². The summed E-state index contributed by atoms with van der Waals surface area (Å²) in [6.45, 7) is 2.55. The summed E-state index contributed by atoms with van der Waals surface area (Å²) in [5, 5.41) is 12.4. The number of rotatable bonds is 3. The second-order valence-corrected chi connectivity index (χ2v) is 4.62. The number of piperazine rings is 1. The molecule has 2 N–H and O–H groups in total. The van der Waals surface area contributed by atoms with Crippen LogP contribution in [0.1, 0.15) is 11.6 Å². The average Bonchev–Trinajstić information content (AvgIpc) is 2.40. The summed E-state index contributed by atoms with van der Waals surface area (Å²) >= 11 is 5.82. The Morgan fingerprint density at radius 1 is 1.28 bits per heavy atom. The summed E-state index contributed by atoms with van der Waals surface area (Å²) in [4.78, 5) is 1.90. The SMILES string of the molecule is OC[C@H](c1c(F)ccc(F)c1Cl)N1CCNCC1. The van der Waals surface area contributed by atoms with Crippen LogP contribution in [0.2, 0.25) is 5.02 Å². The van der Waals surface area contributed by atoms with E-state index in [2.05, 4.69) is 5.32 Å². The molecule has 2 rings (SSSR count). The number of benzene rings is 1. The van der Waals surface area contributed by atoms with Crippen molar-refractivity contribution in [3.05, 3.63) is 34.4 Å². The van der Waals surface area contributed by atoms with Crippen LogP contribution in [0.5, 0.6) is 0 Å². The molecule has 1 aromatic rings. The third-order valence-electron chi connectivity index (χ3n) is 3.18. The number of aliphatic hydroxyl groups excluding tert-OH is 1. The zero-order valence-corrected chi connectivity index (χ0v) is 10.6. The molecule has 0 aromatic heterocycles. The van der Waals surface area contributed by atoms with Crippen LogP contribution in [0.4, 0.5) is 8.78 Å². The van der Waals surface area contributed by atoms with E-state index >= 15 is 0 Å². The lowest BCUT2D eigenvalue weighted by Gasteiger charge is -2.34. The highest BCUT2D eigenvalue weighted by atomic mass is 35.5. The van der Waals surface area contributed by atoms with Crippen molar-refractivity contribution in [3.8, 4) is 0 Å². The van der Waals surface area contributed by atoms with Crippen molar-refractivity contribution in [2.24, 2.45) is 0 Å². The third kappa shape index (κ3) is 2.64. The fourth-order valence-electron chi connectivity index (χ4n) is 2.23. The lowest BCUT2D eigenvalue weighted by atomic mass is 10.0. The summed E-state index contributed by atoms with van der Waals surface area (Å²) in [5.41, 5.74) is 0.0427. The van der Waals surface area contributed by atoms with Crippen molar-refractivity contribution in [3.63, 3.8) is 0 Å². The van der Waals surface area contributed by atoms with E-state index in [0.717, 1.165) is 25.2 Å². The molecule has 1 heterocycles. The topological polar surface area (TPSA) is 35.5 Å². The number of hydrogen-bond acceptors (Lipinski definition) is 3. The van der Waals surface area contributed by atoms with Crippen LogP contribution in [0.3, 0.4) is 0 Å². The second-order valence-electron chi connectivity index (χ2n) is 4.24. The Bertz CT molecular complexity index is 425. The van der Waals surface area contributed by atoms with Crippen molar-refractivity contribution in [1.82, 2.24) is 10.2 Å². The number of hydrogen-bond donors (Lipinski definition) is 2. The van der Waals surface area contributed by atoms with Crippen LogP contribution in [0.25, 0.3) is 0 Å². The number of aliphatic hydroxyl groups is 1. The molecule has 0 aliphatic carbocycles. The van der Waals surface area contributed by atoms with Crippen LogP contribution in [-0.4, -0.2) is 42.8 Å². The molecule has 1 aromatic carbocycles. The van der Waals surface area contributed by atoms with Gasteiger partial charge in [0, 0.05) is 31.7 Å². The van der Waals surface area contributed by atoms with E-state index < -0.39 is 17.7 Å². The maximum absolute atomic E-state index is 13.8. The van der Waals surface area contributed by atoms with Gasteiger partial charge in [0.25, 0.3) is 0 Å². The van der Waals surface area contributed by atoms with Gasteiger partial charge in [0.2, 0.25) is 0 Å². The van der Waals surface area contributed by atoms with Crippen molar-refractivity contribution in [1.29, 1.82) is 0 Å². The first-order valence-electron chi connectivity index (χ1n) is 5.84. The highest BCUT2D eigenvalue weighted by Crippen LogP contribution is 2.31. The van der Waals surface area contributed by atoms with E-state index in [1.807, 2.05) is 4.90 Å². The van der Waals surface area contributed by atoms with Gasteiger partial charge in [0.1, 0.15) is 11.6 Å². The van der Waals surface area contributed by atoms with Gasteiger partial charge < -0.3 is 10.4 Å². The molecule has 0 radical (unpaired) electrons. The summed E-state index contributed by atoms with van der Waals surface area (Å²) in [7, 11) is 0. The van der Waals surface area contributed by atoms with Gasteiger partial charge >= 0.3 is 0 Å². The molecule has 1 atom stereocenters. The van der Waals surface area contributed by atoms with Gasteiger partial charge in [-0.15, -0.1) is 0 Å². The molecule has 0 spiro atoms. The van der Waals surface area contributed by atoms with Gasteiger partial charge in [-0.2, -0.15) is 0 Å². The van der Waals surface area contributed by atoms with Crippen molar-refractivity contribution in [2.45, 2.75) is 6.04 Å². The Balaban J connectivity index is 2.34. The van der Waals surface area contributed by atoms with Gasteiger partial charge in [0.05, 0.1) is 17.7 Å². The van der Waals surface area contributed by atoms with Crippen LogP contribution in [-0.2, 0) is 0 Å². The van der Waals surface area contributed by atoms with Crippen LogP contribution >= 0.6 is 11.6 Å². The minimum absolute atomic E-state index is 0.0427. The highest BCUT2D eigenvalue weighted by molar-refractivity contribution is 6.31. The monoisotopic (exact) mass is 276 g/mol. The van der Waals surface area contributed by atoms with Crippen molar-refractivity contribution >= 4 is 11.6 Å². The summed E-state index contributed by atoms with van der Waals surface area (Å²) < 4.78 is 27.2. The average molecular weight is 277 g/mol. The van der Waals surface area contributed by atoms with Gasteiger partial charge in [-0.25, -0.2) is 8.78 Å². The highest BCUT2D eigenvalue weighted by Gasteiger charge is 2.27. The molecular weight excluding hydrogens is 262 g/mol. The van der Waals surface area contributed by atoms with E-state index in [-0.39, 0.29) is 17.2 Å². The van der Waals surface area contributed by atoms with E-state index in [1.165, 1.54) is 0 Å². The molecule has 1 fully saturated rings. The Hall–Kier alpha value is -0.750. The first-order valence-corrected chi connectivity index (χ1v) is 6.22. The Morgan fingerprint density at radius 2 is 1.89 bits per heavy atom. The fraction of sp³-hybridized carbons (Fsp3) is 0.500. The second kappa shape index (κ2) is 5.93. The van der Waals surface area contributed by atoms with E-state index in [4.69, 9.17) is 11.6 Å². The van der Waals surface area contributed by atoms with Gasteiger partial charge in [0.15, 0.2) is 0 Å². The van der Waals surface area contributed by atoms with Gasteiger partial charge in [-0.3, -0.25) is 4.90 Å². The normalized spacial score (nSPS) is 18.9. The number of halogens is 3. The minimum atomic E-state index is -0.665. The number of nitrogens with one attached hydrogen (secondary N) is 1. The molecule has 1 aliphatic rings. The smallest absolute Gasteiger partial charge is 0.142 e. The summed E-state index contributed by atoms with van der Waals surface area (Å²) in [6, 6.07) is 1.43. The molecular formula is C12H15ClF2N2O. The molecule has 1 aliphatic heterocycles. The van der Waals surface area contributed by atoms with Crippen LogP contribution in [0, 0.1) is 11.6 Å². The lowest BCUT2D eigenvalue weighted by molar-refractivity contribution is 0.108. The Labute approximate surface area is 109 Å². The molecule has 18 heavy (non-hydrogen) atoms. The summed E-state index contributed by atoms with van der Waals surface area (Å²) in [5.74, 6) is -1.25. The molecule has 0 bridgehead atoms. The van der Waals surface area contributed by atoms with Crippen LogP contribution in [0.15, 0.2) is 12.1 Å². The fourth-order valence-corrected chi connectivity index (χ4v) is 2.51. The maximum atomic E-state index is 13.8. The molecule has 0 amide bonds. The zero-order valence-electron chi connectivity index (χ0n) is 9.80. The quantitative estimate of drug-likeness (QED) is 0.823. The van der Waals surface area contributed by atoms with Crippen molar-refractivity contribution < 1.29 is 13.9 Å². The van der Waals surface area contributed by atoms with E-state index in [1.54, 1.807) is 0 Å². The predicted molar refractivity (Wildman–Crippen MR) is 65.6 cm³/mol. The van der Waals surface area contributed by atoms with Gasteiger partial charge in [-0.05, 0) is 12.1 Å². The molecule has 1 saturated heterocycles. The molecule has 6 heteroatoms. The van der Waals surface area contributed by atoms with Gasteiger partial charge in [-0.1, -0.05) is 11.6 Å². The first kappa shape index (κ1) is 13.7. The Morgan fingerprint density at radius 3 is 2.50 bits per heavy atom. The van der Waals surface area contributed by atoms with E-state index in [0.29, 0.717) is 13.1 Å². The van der Waals surface area contributed by atoms with Crippen LogP contribution < -0.4 is 5.32 Å². The number of nitrogens with zero attached hydrogens (tertiary/aromatic N) is 1.